The van der Waals surface area contributed by atoms with E-state index in [-0.39, 0.29) is 23.4 Å². The van der Waals surface area contributed by atoms with E-state index >= 15 is 0 Å². The molecule has 4 rings (SSSR count). The summed E-state index contributed by atoms with van der Waals surface area (Å²) in [7, 11) is 0. The van der Waals surface area contributed by atoms with Crippen LogP contribution in [0, 0.1) is 0 Å². The summed E-state index contributed by atoms with van der Waals surface area (Å²) in [6.07, 6.45) is 2.62. The monoisotopic (exact) mass is 349 g/mol. The minimum absolute atomic E-state index is 0.0196. The summed E-state index contributed by atoms with van der Waals surface area (Å²) in [6, 6.07) is 15.9. The van der Waals surface area contributed by atoms with E-state index in [1.807, 2.05) is 43.3 Å². The Morgan fingerprint density at radius 3 is 2.69 bits per heavy atom. The fourth-order valence-corrected chi connectivity index (χ4v) is 3.61. The summed E-state index contributed by atoms with van der Waals surface area (Å²) in [5.74, 6) is 0.0196. The van der Waals surface area contributed by atoms with Gasteiger partial charge < -0.3 is 16.0 Å². The van der Waals surface area contributed by atoms with Crippen molar-refractivity contribution in [1.82, 2.24) is 10.6 Å². The Hall–Kier alpha value is -2.82. The smallest absolute Gasteiger partial charge is 0.315 e. The minimum Gasteiger partial charge on any atom is -0.337 e. The summed E-state index contributed by atoms with van der Waals surface area (Å²) in [4.78, 5) is 23.8. The van der Waals surface area contributed by atoms with Gasteiger partial charge >= 0.3 is 6.03 Å². The maximum atomic E-state index is 12.3. The van der Waals surface area contributed by atoms with Gasteiger partial charge in [0.05, 0.1) is 12.5 Å². The highest BCUT2D eigenvalue weighted by molar-refractivity contribution is 5.99. The molecule has 3 N–H and O–H groups in total. The van der Waals surface area contributed by atoms with E-state index in [0.29, 0.717) is 13.0 Å². The first-order valence-corrected chi connectivity index (χ1v) is 9.08. The lowest BCUT2D eigenvalue weighted by molar-refractivity contribution is -0.115. The third-order valence-corrected chi connectivity index (χ3v) is 5.43. The van der Waals surface area contributed by atoms with Crippen molar-refractivity contribution in [2.75, 3.05) is 11.9 Å². The lowest BCUT2D eigenvalue weighted by Gasteiger charge is -2.19. The van der Waals surface area contributed by atoms with Crippen LogP contribution in [0.3, 0.4) is 0 Å². The van der Waals surface area contributed by atoms with Crippen molar-refractivity contribution in [3.63, 3.8) is 0 Å². The Balaban J connectivity index is 1.34. The van der Waals surface area contributed by atoms with Crippen LogP contribution in [-0.2, 0) is 16.6 Å². The Kier molecular flexibility index (Phi) is 4.15. The molecule has 3 amide bonds. The number of nitrogens with one attached hydrogen (secondary N) is 3. The molecule has 0 bridgehead atoms. The molecule has 0 radical (unpaired) electrons. The molecule has 0 saturated heterocycles. The topological polar surface area (TPSA) is 70.2 Å². The highest BCUT2D eigenvalue weighted by Crippen LogP contribution is 2.47. The van der Waals surface area contributed by atoms with Crippen LogP contribution in [0.2, 0.25) is 0 Å². The Bertz CT molecular complexity index is 844. The molecule has 0 aromatic heterocycles. The molecule has 0 spiro atoms. The maximum absolute atomic E-state index is 12.3. The number of anilines is 1. The van der Waals surface area contributed by atoms with Gasteiger partial charge in [0, 0.05) is 17.6 Å². The fourth-order valence-electron chi connectivity index (χ4n) is 3.61. The van der Waals surface area contributed by atoms with Gasteiger partial charge in [-0.1, -0.05) is 42.5 Å². The Labute approximate surface area is 153 Å². The number of amides is 3. The number of carbonyl (C=O) groups excluding carboxylic acids is 2. The summed E-state index contributed by atoms with van der Waals surface area (Å²) in [5.41, 5.74) is 4.25. The van der Waals surface area contributed by atoms with Crippen LogP contribution >= 0.6 is 0 Å². The Morgan fingerprint density at radius 1 is 1.19 bits per heavy atom. The lowest BCUT2D eigenvalue weighted by Crippen LogP contribution is -2.40. The maximum Gasteiger partial charge on any atom is 0.315 e. The van der Waals surface area contributed by atoms with E-state index in [1.165, 1.54) is 5.56 Å². The van der Waals surface area contributed by atoms with Crippen molar-refractivity contribution in [3.8, 4) is 0 Å². The molecule has 1 fully saturated rings. The summed E-state index contributed by atoms with van der Waals surface area (Å²) < 4.78 is 0. The second kappa shape index (κ2) is 6.48. The predicted octanol–water partition coefficient (Wildman–Crippen LogP) is 3.27. The van der Waals surface area contributed by atoms with Gasteiger partial charge in [-0.3, -0.25) is 4.79 Å². The fraction of sp³-hybridized carbons (Fsp3) is 0.333. The lowest BCUT2D eigenvalue weighted by atomic mass is 9.96. The summed E-state index contributed by atoms with van der Waals surface area (Å²) in [5, 5.41) is 8.85. The molecule has 0 unspecified atom stereocenters. The van der Waals surface area contributed by atoms with Crippen LogP contribution in [0.1, 0.15) is 42.5 Å². The second-order valence-electron chi connectivity index (χ2n) is 7.34. The number of fused-ring (bicyclic) bond motifs is 1. The van der Waals surface area contributed by atoms with Gasteiger partial charge in [0.1, 0.15) is 0 Å². The molecule has 2 aromatic rings. The van der Waals surface area contributed by atoms with E-state index in [0.717, 1.165) is 29.7 Å². The van der Waals surface area contributed by atoms with Crippen LogP contribution < -0.4 is 16.0 Å². The molecule has 134 valence electrons. The van der Waals surface area contributed by atoms with Gasteiger partial charge in [-0.2, -0.15) is 0 Å². The zero-order chi connectivity index (χ0) is 18.1. The van der Waals surface area contributed by atoms with E-state index in [2.05, 4.69) is 28.1 Å². The minimum atomic E-state index is -0.158. The van der Waals surface area contributed by atoms with Gasteiger partial charge in [-0.15, -0.1) is 0 Å². The molecule has 26 heavy (non-hydrogen) atoms. The van der Waals surface area contributed by atoms with Crippen LogP contribution in [-0.4, -0.2) is 18.5 Å². The molecule has 1 atom stereocenters. The summed E-state index contributed by atoms with van der Waals surface area (Å²) in [6.45, 7) is 2.60. The first-order valence-electron chi connectivity index (χ1n) is 9.08. The van der Waals surface area contributed by atoms with E-state index in [1.54, 1.807) is 0 Å². The highest BCUT2D eigenvalue weighted by Gasteiger charge is 2.44. The number of rotatable bonds is 5. The molecule has 1 saturated carbocycles. The molecule has 1 aliphatic carbocycles. The number of hydrogen-bond acceptors (Lipinski definition) is 2. The molecule has 5 nitrogen and oxygen atoms in total. The number of urea groups is 1. The largest absolute Gasteiger partial charge is 0.337 e. The van der Waals surface area contributed by atoms with Gasteiger partial charge in [-0.05, 0) is 42.5 Å². The van der Waals surface area contributed by atoms with Gasteiger partial charge in [-0.25, -0.2) is 4.79 Å². The average molecular weight is 349 g/mol. The van der Waals surface area contributed by atoms with Crippen molar-refractivity contribution in [2.24, 2.45) is 0 Å². The van der Waals surface area contributed by atoms with Crippen LogP contribution in [0.4, 0.5) is 10.5 Å². The van der Waals surface area contributed by atoms with Crippen molar-refractivity contribution in [1.29, 1.82) is 0 Å². The molecule has 2 aromatic carbocycles. The number of benzene rings is 2. The van der Waals surface area contributed by atoms with Crippen molar-refractivity contribution >= 4 is 17.6 Å². The van der Waals surface area contributed by atoms with Gasteiger partial charge in [0.15, 0.2) is 0 Å². The van der Waals surface area contributed by atoms with Crippen LogP contribution in [0.15, 0.2) is 48.5 Å². The average Bonchev–Trinajstić information content (AvgIpc) is 3.34. The SMILES string of the molecule is C[C@@H](NC(=O)NCC1(c2ccccc2)CC1)c1ccc2c(c1)CC(=O)N2. The quantitative estimate of drug-likeness (QED) is 0.775. The zero-order valence-corrected chi connectivity index (χ0v) is 14.8. The number of hydrogen-bond donors (Lipinski definition) is 3. The second-order valence-corrected chi connectivity index (χ2v) is 7.34. The third kappa shape index (κ3) is 3.29. The van der Waals surface area contributed by atoms with E-state index in [9.17, 15) is 9.59 Å². The van der Waals surface area contributed by atoms with Crippen LogP contribution in [0.5, 0.6) is 0 Å². The van der Waals surface area contributed by atoms with Gasteiger partial charge in [0.2, 0.25) is 5.91 Å². The van der Waals surface area contributed by atoms with E-state index in [4.69, 9.17) is 0 Å². The standard InChI is InChI=1S/C21H23N3O2/c1-14(15-7-8-18-16(11-15)12-19(25)24-18)23-20(26)22-13-21(9-10-21)17-5-3-2-4-6-17/h2-8,11,14H,9-10,12-13H2,1H3,(H,24,25)(H2,22,23,26)/t14-/m1/s1. The molecule has 1 aliphatic heterocycles. The van der Waals surface area contributed by atoms with Crippen molar-refractivity contribution < 1.29 is 9.59 Å². The summed E-state index contributed by atoms with van der Waals surface area (Å²) >= 11 is 0. The zero-order valence-electron chi connectivity index (χ0n) is 14.8. The van der Waals surface area contributed by atoms with Crippen LogP contribution in [0.25, 0.3) is 0 Å². The van der Waals surface area contributed by atoms with Gasteiger partial charge in [0.25, 0.3) is 0 Å². The van der Waals surface area contributed by atoms with E-state index < -0.39 is 0 Å². The molecular formula is C21H23N3O2. The van der Waals surface area contributed by atoms with Crippen molar-refractivity contribution in [3.05, 3.63) is 65.2 Å². The first kappa shape index (κ1) is 16.6. The number of carbonyl (C=O) groups is 2. The Morgan fingerprint density at radius 2 is 1.96 bits per heavy atom. The molecule has 2 aliphatic rings. The molecular weight excluding hydrogens is 326 g/mol. The molecule has 5 heteroatoms. The normalized spacial score (nSPS) is 17.8. The third-order valence-electron chi connectivity index (χ3n) is 5.43. The van der Waals surface area contributed by atoms with Crippen molar-refractivity contribution in [2.45, 2.75) is 37.6 Å². The first-order chi connectivity index (χ1) is 12.6. The predicted molar refractivity (Wildman–Crippen MR) is 101 cm³/mol. The molecule has 1 heterocycles. The highest BCUT2D eigenvalue weighted by atomic mass is 16.2.